The van der Waals surface area contributed by atoms with Crippen LogP contribution in [0.2, 0.25) is 5.02 Å². The number of hydrogen-bond acceptors (Lipinski definition) is 8. The second-order valence-electron chi connectivity index (χ2n) is 11.0. The number of nitrogens with one attached hydrogen (secondary N) is 2. The Balaban J connectivity index is 1.36. The number of halogens is 3. The first-order valence-corrected chi connectivity index (χ1v) is 18.0. The summed E-state index contributed by atoms with van der Waals surface area (Å²) in [6.07, 6.45) is 0. The maximum atomic E-state index is 14.4. The molecule has 0 unspecified atom stereocenters. The SMILES string of the molecule is COc1ccc(C(=O)Nc2scc(-c3ccc(Br)cc3)c2C(=O)OC(=O)c2c(-c3ccc(Cl)cc3)csc2NC(=O)c2ccc(C)cc2)cc1F. The normalized spacial score (nSPS) is 10.8. The molecular weight excluding hydrogens is 779 g/mol. The van der Waals surface area contributed by atoms with E-state index in [-0.39, 0.29) is 32.4 Å². The molecule has 0 aliphatic heterocycles. The molecule has 0 aliphatic carbocycles. The zero-order valence-electron chi connectivity index (χ0n) is 26.7. The van der Waals surface area contributed by atoms with Gasteiger partial charge in [-0.05, 0) is 72.6 Å². The maximum absolute atomic E-state index is 14.4. The highest BCUT2D eigenvalue weighted by molar-refractivity contribution is 9.10. The van der Waals surface area contributed by atoms with Crippen molar-refractivity contribution in [1.29, 1.82) is 0 Å². The van der Waals surface area contributed by atoms with E-state index in [1.54, 1.807) is 83.6 Å². The Morgan fingerprint density at radius 3 is 1.71 bits per heavy atom. The summed E-state index contributed by atoms with van der Waals surface area (Å²) in [5.74, 6) is -4.04. The standard InChI is InChI=1S/C38H25BrClFN2O6S2/c1-20-3-5-23(6-4-20)33(44)42-35-32(28(19-50-35)22-9-14-26(40)15-10-22)38(47)49-37(46)31-27(21-7-12-25(39)13-8-21)18-51-36(31)43-34(45)24-11-16-30(48-2)29(41)17-24/h3-19H,1-2H3,(H,42,44)(H,43,45). The van der Waals surface area contributed by atoms with Crippen LogP contribution in [0.4, 0.5) is 14.4 Å². The van der Waals surface area contributed by atoms with E-state index in [1.165, 1.54) is 19.2 Å². The number of thiophene rings is 2. The van der Waals surface area contributed by atoms with Crippen molar-refractivity contribution in [3.05, 3.63) is 145 Å². The molecule has 51 heavy (non-hydrogen) atoms. The minimum absolute atomic E-state index is 0.0258. The summed E-state index contributed by atoms with van der Waals surface area (Å²) >= 11 is 11.6. The monoisotopic (exact) mass is 802 g/mol. The molecule has 256 valence electrons. The summed E-state index contributed by atoms with van der Waals surface area (Å²) in [4.78, 5) is 54.6. The van der Waals surface area contributed by atoms with E-state index in [0.717, 1.165) is 38.8 Å². The number of esters is 2. The van der Waals surface area contributed by atoms with Crippen molar-refractivity contribution in [2.75, 3.05) is 17.7 Å². The van der Waals surface area contributed by atoms with Gasteiger partial charge in [-0.3, -0.25) is 9.59 Å². The lowest BCUT2D eigenvalue weighted by atomic mass is 10.0. The largest absolute Gasteiger partial charge is 0.494 e. The smallest absolute Gasteiger partial charge is 0.349 e. The molecule has 0 fully saturated rings. The van der Waals surface area contributed by atoms with E-state index in [9.17, 15) is 23.6 Å². The maximum Gasteiger partial charge on any atom is 0.349 e. The Morgan fingerprint density at radius 2 is 1.20 bits per heavy atom. The summed E-state index contributed by atoms with van der Waals surface area (Å²) in [7, 11) is 1.31. The van der Waals surface area contributed by atoms with Gasteiger partial charge in [0.1, 0.15) is 21.1 Å². The molecule has 0 radical (unpaired) electrons. The van der Waals surface area contributed by atoms with Gasteiger partial charge >= 0.3 is 11.9 Å². The van der Waals surface area contributed by atoms with Crippen LogP contribution < -0.4 is 15.4 Å². The number of ether oxygens (including phenoxy) is 2. The molecule has 0 saturated carbocycles. The average Bonchev–Trinajstić information content (AvgIpc) is 3.73. The lowest BCUT2D eigenvalue weighted by Gasteiger charge is -2.12. The van der Waals surface area contributed by atoms with Crippen LogP contribution in [-0.4, -0.2) is 30.9 Å². The molecule has 6 aromatic rings. The summed E-state index contributed by atoms with van der Waals surface area (Å²) in [5, 5.41) is 9.49. The van der Waals surface area contributed by atoms with Gasteiger partial charge in [0.15, 0.2) is 11.6 Å². The molecule has 13 heteroatoms. The average molecular weight is 804 g/mol. The van der Waals surface area contributed by atoms with Gasteiger partial charge in [0.05, 0.1) is 7.11 Å². The first kappa shape index (κ1) is 35.7. The molecule has 2 aromatic heterocycles. The first-order chi connectivity index (χ1) is 24.5. The van der Waals surface area contributed by atoms with Gasteiger partial charge in [-0.1, -0.05) is 69.5 Å². The number of anilines is 2. The molecule has 2 heterocycles. The van der Waals surface area contributed by atoms with Gasteiger partial charge in [0, 0.05) is 42.5 Å². The highest BCUT2D eigenvalue weighted by Crippen LogP contribution is 2.40. The fourth-order valence-corrected chi connectivity index (χ4v) is 7.33. The van der Waals surface area contributed by atoms with Crippen molar-refractivity contribution < 1.29 is 33.0 Å². The van der Waals surface area contributed by atoms with Crippen molar-refractivity contribution in [2.45, 2.75) is 6.92 Å². The number of carbonyl (C=O) groups is 4. The molecule has 4 aromatic carbocycles. The van der Waals surface area contributed by atoms with Gasteiger partial charge in [0.2, 0.25) is 0 Å². The second kappa shape index (κ2) is 15.4. The van der Waals surface area contributed by atoms with E-state index in [1.807, 2.05) is 6.92 Å². The Hall–Kier alpha value is -5.14. The van der Waals surface area contributed by atoms with Crippen LogP contribution in [0.25, 0.3) is 22.3 Å². The van der Waals surface area contributed by atoms with E-state index < -0.39 is 29.6 Å². The van der Waals surface area contributed by atoms with Crippen molar-refractivity contribution in [3.63, 3.8) is 0 Å². The van der Waals surface area contributed by atoms with Crippen molar-refractivity contribution >= 4 is 84.0 Å². The van der Waals surface area contributed by atoms with Crippen LogP contribution in [-0.2, 0) is 4.74 Å². The minimum Gasteiger partial charge on any atom is -0.494 e. The molecular formula is C38H25BrClFN2O6S2. The van der Waals surface area contributed by atoms with Crippen molar-refractivity contribution in [2.24, 2.45) is 0 Å². The molecule has 0 bridgehead atoms. The molecule has 0 saturated heterocycles. The van der Waals surface area contributed by atoms with E-state index in [0.29, 0.717) is 32.8 Å². The summed E-state index contributed by atoms with van der Waals surface area (Å²) < 4.78 is 25.7. The van der Waals surface area contributed by atoms with Crippen LogP contribution in [0.15, 0.2) is 106 Å². The zero-order valence-corrected chi connectivity index (χ0v) is 30.7. The third-order valence-electron chi connectivity index (χ3n) is 7.67. The number of methoxy groups -OCH3 is 1. The van der Waals surface area contributed by atoms with Gasteiger partial charge in [-0.15, -0.1) is 22.7 Å². The third-order valence-corrected chi connectivity index (χ3v) is 10.2. The fourth-order valence-electron chi connectivity index (χ4n) is 5.04. The van der Waals surface area contributed by atoms with E-state index in [2.05, 4.69) is 26.6 Å². The number of aryl methyl sites for hydroxylation is 1. The van der Waals surface area contributed by atoms with Crippen LogP contribution in [0, 0.1) is 12.7 Å². The molecule has 2 amide bonds. The zero-order chi connectivity index (χ0) is 36.2. The highest BCUT2D eigenvalue weighted by Gasteiger charge is 2.30. The first-order valence-electron chi connectivity index (χ1n) is 15.1. The van der Waals surface area contributed by atoms with Gasteiger partial charge in [-0.2, -0.15) is 0 Å². The van der Waals surface area contributed by atoms with Crippen LogP contribution in [0.3, 0.4) is 0 Å². The molecule has 8 nitrogen and oxygen atoms in total. The molecule has 0 spiro atoms. The third kappa shape index (κ3) is 7.94. The summed E-state index contributed by atoms with van der Waals surface area (Å²) in [6, 6.07) is 24.4. The Morgan fingerprint density at radius 1 is 0.706 bits per heavy atom. The Bertz CT molecular complexity index is 2290. The fraction of sp³-hybridized carbons (Fsp3) is 0.0526. The van der Waals surface area contributed by atoms with Crippen LogP contribution >= 0.6 is 50.2 Å². The van der Waals surface area contributed by atoms with Gasteiger partial charge < -0.3 is 20.1 Å². The quantitative estimate of drug-likeness (QED) is 0.111. The second-order valence-corrected chi connectivity index (χ2v) is 14.1. The summed E-state index contributed by atoms with van der Waals surface area (Å²) in [5.41, 5.74) is 3.17. The lowest BCUT2D eigenvalue weighted by molar-refractivity contribution is 0.0401. The number of benzene rings is 4. The van der Waals surface area contributed by atoms with Crippen molar-refractivity contribution in [3.8, 4) is 28.0 Å². The molecule has 6 rings (SSSR count). The number of amides is 2. The molecule has 0 atom stereocenters. The summed E-state index contributed by atoms with van der Waals surface area (Å²) in [6.45, 7) is 1.90. The van der Waals surface area contributed by atoms with Gasteiger partial charge in [-0.25, -0.2) is 14.0 Å². The van der Waals surface area contributed by atoms with Crippen LogP contribution in [0.5, 0.6) is 5.75 Å². The topological polar surface area (TPSA) is 111 Å². The number of hydrogen-bond donors (Lipinski definition) is 2. The van der Waals surface area contributed by atoms with Crippen LogP contribution in [0.1, 0.15) is 47.0 Å². The Labute approximate surface area is 312 Å². The predicted octanol–water partition coefficient (Wildman–Crippen LogP) is 10.5. The van der Waals surface area contributed by atoms with Gasteiger partial charge in [0.25, 0.3) is 11.8 Å². The highest BCUT2D eigenvalue weighted by atomic mass is 79.9. The molecule has 0 aliphatic rings. The van der Waals surface area contributed by atoms with E-state index in [4.69, 9.17) is 21.1 Å². The molecule has 2 N–H and O–H groups in total. The number of carbonyl (C=O) groups excluding carboxylic acids is 4. The Kier molecular flexibility index (Phi) is 10.8. The number of rotatable bonds is 9. The lowest BCUT2D eigenvalue weighted by Crippen LogP contribution is -2.19. The minimum atomic E-state index is -1.06. The predicted molar refractivity (Wildman–Crippen MR) is 202 cm³/mol. The van der Waals surface area contributed by atoms with E-state index >= 15 is 0 Å². The van der Waals surface area contributed by atoms with Crippen molar-refractivity contribution in [1.82, 2.24) is 0 Å².